The number of benzene rings is 1. The largest absolute Gasteiger partial charge is 0.454 e. The number of nitrogens with zero attached hydrogens (tertiary/aromatic N) is 1. The third-order valence-corrected chi connectivity index (χ3v) is 7.14. The second-order valence-electron chi connectivity index (χ2n) is 7.89. The maximum absolute atomic E-state index is 12.6. The van der Waals surface area contributed by atoms with E-state index in [0.717, 1.165) is 48.7 Å². The molecule has 2 saturated heterocycles. The van der Waals surface area contributed by atoms with Crippen LogP contribution in [0.2, 0.25) is 0 Å². The zero-order valence-corrected chi connectivity index (χ0v) is 17.1. The minimum absolute atomic E-state index is 0.0164. The molecule has 0 saturated carbocycles. The Morgan fingerprint density at radius 1 is 1.29 bits per heavy atom. The summed E-state index contributed by atoms with van der Waals surface area (Å²) in [7, 11) is 0. The van der Waals surface area contributed by atoms with Gasteiger partial charge >= 0.3 is 0 Å². The number of amides is 2. The number of hydrogen-bond donors (Lipinski definition) is 2. The lowest BCUT2D eigenvalue weighted by Gasteiger charge is -2.39. The summed E-state index contributed by atoms with van der Waals surface area (Å²) in [5.41, 5.74) is 0.985. The standard InChI is InChI=1S/C20H27N3O4S/c1-13(2)19(25)23-7-5-20(6-8-23)22-15(11-28-20)18(24)21-10-14-3-4-16-17(9-14)27-12-26-16/h3-4,9,13,15,22H,5-8,10-12H2,1-2H3,(H,21,24)/t15-/m0/s1. The van der Waals surface area contributed by atoms with Crippen LogP contribution in [0.5, 0.6) is 11.5 Å². The fourth-order valence-electron chi connectivity index (χ4n) is 3.89. The molecule has 0 radical (unpaired) electrons. The van der Waals surface area contributed by atoms with E-state index < -0.39 is 0 Å². The summed E-state index contributed by atoms with van der Waals surface area (Å²) in [6, 6.07) is 5.51. The first-order chi connectivity index (χ1) is 13.5. The van der Waals surface area contributed by atoms with Crippen molar-refractivity contribution in [1.29, 1.82) is 0 Å². The van der Waals surface area contributed by atoms with Crippen LogP contribution in [-0.2, 0) is 16.1 Å². The Morgan fingerprint density at radius 2 is 2.04 bits per heavy atom. The summed E-state index contributed by atoms with van der Waals surface area (Å²) < 4.78 is 10.7. The number of likely N-dealkylation sites (tertiary alicyclic amines) is 1. The van der Waals surface area contributed by atoms with E-state index in [1.165, 1.54) is 0 Å². The number of ether oxygens (including phenoxy) is 2. The molecule has 3 aliphatic rings. The van der Waals surface area contributed by atoms with Crippen LogP contribution in [0, 0.1) is 5.92 Å². The van der Waals surface area contributed by atoms with Crippen molar-refractivity contribution in [2.75, 3.05) is 25.6 Å². The summed E-state index contributed by atoms with van der Waals surface area (Å²) in [6.07, 6.45) is 1.75. The van der Waals surface area contributed by atoms with Crippen molar-refractivity contribution in [1.82, 2.24) is 15.5 Å². The van der Waals surface area contributed by atoms with E-state index in [1.54, 1.807) is 0 Å². The van der Waals surface area contributed by atoms with Crippen molar-refractivity contribution < 1.29 is 19.1 Å². The molecule has 8 heteroatoms. The molecule has 0 unspecified atom stereocenters. The highest BCUT2D eigenvalue weighted by Crippen LogP contribution is 2.39. The van der Waals surface area contributed by atoms with Crippen molar-refractivity contribution in [2.45, 2.75) is 44.1 Å². The number of fused-ring (bicyclic) bond motifs is 1. The predicted molar refractivity (Wildman–Crippen MR) is 107 cm³/mol. The third-order valence-electron chi connectivity index (χ3n) is 5.56. The Labute approximate surface area is 169 Å². The molecular formula is C20H27N3O4S. The lowest BCUT2D eigenvalue weighted by atomic mass is 10.0. The maximum Gasteiger partial charge on any atom is 0.238 e. The number of nitrogens with one attached hydrogen (secondary N) is 2. The van der Waals surface area contributed by atoms with Gasteiger partial charge in [0.1, 0.15) is 0 Å². The summed E-state index contributed by atoms with van der Waals surface area (Å²) in [4.78, 5) is 26.7. The van der Waals surface area contributed by atoms with Gasteiger partial charge in [-0.25, -0.2) is 0 Å². The second-order valence-corrected chi connectivity index (χ2v) is 9.29. The van der Waals surface area contributed by atoms with Crippen LogP contribution in [0.15, 0.2) is 18.2 Å². The molecule has 2 fully saturated rings. The first kappa shape index (κ1) is 19.4. The van der Waals surface area contributed by atoms with Gasteiger partial charge in [0.25, 0.3) is 0 Å². The van der Waals surface area contributed by atoms with Gasteiger partial charge in [-0.2, -0.15) is 0 Å². The zero-order chi connectivity index (χ0) is 19.7. The third kappa shape index (κ3) is 3.93. The SMILES string of the molecule is CC(C)C(=O)N1CCC2(CC1)N[C@H](C(=O)NCc1ccc3c(c1)OCO3)CS2. The van der Waals surface area contributed by atoms with Gasteiger partial charge in [-0.15, -0.1) is 11.8 Å². The molecule has 0 bridgehead atoms. The van der Waals surface area contributed by atoms with E-state index in [1.807, 2.05) is 48.7 Å². The highest BCUT2D eigenvalue weighted by molar-refractivity contribution is 8.01. The van der Waals surface area contributed by atoms with E-state index >= 15 is 0 Å². The molecule has 2 amide bonds. The van der Waals surface area contributed by atoms with Gasteiger partial charge in [0.15, 0.2) is 11.5 Å². The van der Waals surface area contributed by atoms with Crippen LogP contribution in [0.25, 0.3) is 0 Å². The van der Waals surface area contributed by atoms with Crippen molar-refractivity contribution >= 4 is 23.6 Å². The fourth-order valence-corrected chi connectivity index (χ4v) is 5.31. The first-order valence-electron chi connectivity index (χ1n) is 9.82. The monoisotopic (exact) mass is 405 g/mol. The van der Waals surface area contributed by atoms with Gasteiger partial charge in [0, 0.05) is 31.3 Å². The summed E-state index contributed by atoms with van der Waals surface area (Å²) in [6.45, 7) is 6.09. The number of carbonyl (C=O) groups excluding carboxylic acids is 2. The number of thioether (sulfide) groups is 1. The predicted octanol–water partition coefficient (Wildman–Crippen LogP) is 1.71. The molecule has 1 aromatic carbocycles. The van der Waals surface area contributed by atoms with E-state index in [2.05, 4.69) is 10.6 Å². The molecule has 1 spiro atoms. The second kappa shape index (κ2) is 7.83. The molecule has 4 rings (SSSR count). The molecule has 1 aromatic rings. The van der Waals surface area contributed by atoms with Crippen LogP contribution in [0.3, 0.4) is 0 Å². The van der Waals surface area contributed by atoms with Gasteiger partial charge < -0.3 is 19.7 Å². The van der Waals surface area contributed by atoms with E-state index in [9.17, 15) is 9.59 Å². The van der Waals surface area contributed by atoms with E-state index in [-0.39, 0.29) is 35.4 Å². The van der Waals surface area contributed by atoms with Crippen molar-refractivity contribution in [3.8, 4) is 11.5 Å². The minimum Gasteiger partial charge on any atom is -0.454 e. The molecule has 3 heterocycles. The first-order valence-corrected chi connectivity index (χ1v) is 10.8. The molecule has 1 atom stereocenters. The van der Waals surface area contributed by atoms with Gasteiger partial charge in [0.05, 0.1) is 10.9 Å². The Morgan fingerprint density at radius 3 is 2.79 bits per heavy atom. The topological polar surface area (TPSA) is 79.9 Å². The lowest BCUT2D eigenvalue weighted by Crippen LogP contribution is -2.54. The van der Waals surface area contributed by atoms with Gasteiger partial charge in [-0.05, 0) is 30.5 Å². The Bertz CT molecular complexity index is 762. The average molecular weight is 406 g/mol. The van der Waals surface area contributed by atoms with Crippen molar-refractivity contribution in [3.05, 3.63) is 23.8 Å². The number of carbonyl (C=O) groups is 2. The van der Waals surface area contributed by atoms with Crippen LogP contribution in [0.1, 0.15) is 32.3 Å². The molecule has 0 aliphatic carbocycles. The summed E-state index contributed by atoms with van der Waals surface area (Å²) in [5, 5.41) is 6.56. The van der Waals surface area contributed by atoms with Gasteiger partial charge in [-0.3, -0.25) is 14.9 Å². The zero-order valence-electron chi connectivity index (χ0n) is 16.3. The summed E-state index contributed by atoms with van der Waals surface area (Å²) >= 11 is 1.82. The van der Waals surface area contributed by atoms with Crippen LogP contribution >= 0.6 is 11.8 Å². The van der Waals surface area contributed by atoms with Crippen LogP contribution in [0.4, 0.5) is 0 Å². The van der Waals surface area contributed by atoms with E-state index in [0.29, 0.717) is 6.54 Å². The van der Waals surface area contributed by atoms with Gasteiger partial charge in [-0.1, -0.05) is 19.9 Å². The van der Waals surface area contributed by atoms with Gasteiger partial charge in [0.2, 0.25) is 18.6 Å². The minimum atomic E-state index is -0.202. The number of rotatable bonds is 4. The average Bonchev–Trinajstić information content (AvgIpc) is 3.33. The molecule has 152 valence electrons. The smallest absolute Gasteiger partial charge is 0.238 e. The highest BCUT2D eigenvalue weighted by atomic mass is 32.2. The Balaban J connectivity index is 1.27. The number of piperidine rings is 1. The normalized spacial score (nSPS) is 22.7. The molecule has 7 nitrogen and oxygen atoms in total. The maximum atomic E-state index is 12.6. The lowest BCUT2D eigenvalue weighted by molar-refractivity contribution is -0.136. The molecule has 2 N–H and O–H groups in total. The van der Waals surface area contributed by atoms with Crippen molar-refractivity contribution in [3.63, 3.8) is 0 Å². The summed E-state index contributed by atoms with van der Waals surface area (Å²) in [5.74, 6) is 2.49. The van der Waals surface area contributed by atoms with Crippen molar-refractivity contribution in [2.24, 2.45) is 5.92 Å². The molecule has 28 heavy (non-hydrogen) atoms. The molecule has 0 aromatic heterocycles. The van der Waals surface area contributed by atoms with Crippen LogP contribution in [-0.4, -0.2) is 53.3 Å². The quantitative estimate of drug-likeness (QED) is 0.794. The van der Waals surface area contributed by atoms with E-state index in [4.69, 9.17) is 9.47 Å². The highest BCUT2D eigenvalue weighted by Gasteiger charge is 2.44. The van der Waals surface area contributed by atoms with Crippen LogP contribution < -0.4 is 20.1 Å². The fraction of sp³-hybridized carbons (Fsp3) is 0.600. The molecular weight excluding hydrogens is 378 g/mol. The Hall–Kier alpha value is -1.93. The number of hydrogen-bond acceptors (Lipinski definition) is 6. The molecule has 3 aliphatic heterocycles. The Kier molecular flexibility index (Phi) is 5.42.